The van der Waals surface area contributed by atoms with E-state index < -0.39 is 0 Å². The van der Waals surface area contributed by atoms with Crippen LogP contribution in [0.1, 0.15) is 44.1 Å². The van der Waals surface area contributed by atoms with Crippen LogP contribution in [0.3, 0.4) is 0 Å². The average Bonchev–Trinajstić information content (AvgIpc) is 2.58. The normalized spacial score (nSPS) is 20.0. The van der Waals surface area contributed by atoms with Crippen LogP contribution < -0.4 is 15.0 Å². The van der Waals surface area contributed by atoms with E-state index in [2.05, 4.69) is 41.4 Å². The minimum atomic E-state index is 0.0918. The first-order chi connectivity index (χ1) is 11.6. The second-order valence-electron chi connectivity index (χ2n) is 6.96. The first-order valence-corrected chi connectivity index (χ1v) is 9.04. The number of fused-ring (bicyclic) bond motifs is 1. The molecule has 0 bridgehead atoms. The number of benzene rings is 1. The topological polar surface area (TPSA) is 41.6 Å². The quantitative estimate of drug-likeness (QED) is 0.840. The fourth-order valence-corrected chi connectivity index (χ4v) is 3.50. The molecule has 130 valence electrons. The first-order valence-electron chi connectivity index (χ1n) is 9.04. The summed E-state index contributed by atoms with van der Waals surface area (Å²) >= 11 is 0. The van der Waals surface area contributed by atoms with Crippen LogP contribution in [0.25, 0.3) is 0 Å². The zero-order valence-corrected chi connectivity index (χ0v) is 14.8. The van der Waals surface area contributed by atoms with E-state index in [9.17, 15) is 4.79 Å². The van der Waals surface area contributed by atoms with E-state index in [1.165, 1.54) is 36.8 Å². The summed E-state index contributed by atoms with van der Waals surface area (Å²) in [7, 11) is 2.04. The summed E-state index contributed by atoms with van der Waals surface area (Å²) in [5.74, 6) is 1.03. The summed E-state index contributed by atoms with van der Waals surface area (Å²) in [5, 5.41) is 3.07. The number of ether oxygens (including phenoxy) is 1. The Hall–Kier alpha value is -1.97. The molecule has 2 aliphatic rings. The van der Waals surface area contributed by atoms with Crippen LogP contribution in [-0.4, -0.2) is 32.1 Å². The number of nitrogens with zero attached hydrogens (tertiary/aromatic N) is 1. The monoisotopic (exact) mass is 328 g/mol. The SMILES string of the molecule is Cc1ccc2c(c1)OCC(CC(=O)NCCC1=CCCCC1)N2C. The van der Waals surface area contributed by atoms with Crippen molar-refractivity contribution in [1.29, 1.82) is 0 Å². The Morgan fingerprint density at radius 1 is 1.38 bits per heavy atom. The number of amides is 1. The van der Waals surface area contributed by atoms with Gasteiger partial charge < -0.3 is 15.0 Å². The molecule has 1 aliphatic carbocycles. The molecule has 24 heavy (non-hydrogen) atoms. The smallest absolute Gasteiger partial charge is 0.222 e. The predicted molar refractivity (Wildman–Crippen MR) is 97.7 cm³/mol. The maximum absolute atomic E-state index is 12.3. The maximum Gasteiger partial charge on any atom is 0.222 e. The van der Waals surface area contributed by atoms with Gasteiger partial charge in [-0.05, 0) is 56.7 Å². The fourth-order valence-electron chi connectivity index (χ4n) is 3.50. The third kappa shape index (κ3) is 4.11. The molecule has 1 unspecified atom stereocenters. The molecule has 1 heterocycles. The lowest BCUT2D eigenvalue weighted by Crippen LogP contribution is -2.43. The van der Waals surface area contributed by atoms with Gasteiger partial charge in [0.25, 0.3) is 0 Å². The molecule has 0 aromatic heterocycles. The zero-order valence-electron chi connectivity index (χ0n) is 14.8. The molecule has 1 aromatic carbocycles. The number of rotatable bonds is 5. The van der Waals surface area contributed by atoms with Crippen LogP contribution in [0.4, 0.5) is 5.69 Å². The number of carbonyl (C=O) groups excluding carboxylic acids is 1. The third-order valence-electron chi connectivity index (χ3n) is 5.05. The van der Waals surface area contributed by atoms with Crippen molar-refractivity contribution >= 4 is 11.6 Å². The number of allylic oxidation sites excluding steroid dienone is 1. The lowest BCUT2D eigenvalue weighted by molar-refractivity contribution is -0.121. The molecule has 1 aliphatic heterocycles. The van der Waals surface area contributed by atoms with Crippen LogP contribution in [0.15, 0.2) is 29.8 Å². The van der Waals surface area contributed by atoms with Gasteiger partial charge in [-0.2, -0.15) is 0 Å². The highest BCUT2D eigenvalue weighted by Gasteiger charge is 2.26. The highest BCUT2D eigenvalue weighted by atomic mass is 16.5. The highest BCUT2D eigenvalue weighted by Crippen LogP contribution is 2.34. The predicted octanol–water partition coefficient (Wildman–Crippen LogP) is 3.59. The van der Waals surface area contributed by atoms with Gasteiger partial charge in [0.2, 0.25) is 5.91 Å². The number of hydrogen-bond acceptors (Lipinski definition) is 3. The Balaban J connectivity index is 1.48. The Morgan fingerprint density at radius 3 is 3.04 bits per heavy atom. The molecule has 3 rings (SSSR count). The van der Waals surface area contributed by atoms with Crippen LogP contribution in [0.5, 0.6) is 5.75 Å². The summed E-state index contributed by atoms with van der Waals surface area (Å²) in [4.78, 5) is 14.4. The molecule has 1 amide bonds. The maximum atomic E-state index is 12.3. The van der Waals surface area contributed by atoms with Gasteiger partial charge in [0, 0.05) is 13.6 Å². The molecule has 0 fully saturated rings. The van der Waals surface area contributed by atoms with E-state index in [0.29, 0.717) is 13.0 Å². The molecule has 1 aromatic rings. The summed E-state index contributed by atoms with van der Waals surface area (Å²) in [5.41, 5.74) is 3.76. The number of nitrogens with one attached hydrogen (secondary N) is 1. The van der Waals surface area contributed by atoms with E-state index in [0.717, 1.165) is 24.4 Å². The molecule has 0 saturated heterocycles. The van der Waals surface area contributed by atoms with Gasteiger partial charge in [0.1, 0.15) is 12.4 Å². The summed E-state index contributed by atoms with van der Waals surface area (Å²) in [6.45, 7) is 3.37. The van der Waals surface area contributed by atoms with Crippen molar-refractivity contribution in [2.45, 2.75) is 51.5 Å². The summed E-state index contributed by atoms with van der Waals surface area (Å²) in [6.07, 6.45) is 8.82. The van der Waals surface area contributed by atoms with Gasteiger partial charge in [0.05, 0.1) is 18.2 Å². The van der Waals surface area contributed by atoms with Gasteiger partial charge in [-0.25, -0.2) is 0 Å². The second-order valence-corrected chi connectivity index (χ2v) is 6.96. The number of carbonyl (C=O) groups is 1. The molecule has 1 N–H and O–H groups in total. The van der Waals surface area contributed by atoms with Crippen molar-refractivity contribution in [2.24, 2.45) is 0 Å². The molecular formula is C20H28N2O2. The minimum absolute atomic E-state index is 0.0918. The Labute approximate surface area is 144 Å². The lowest BCUT2D eigenvalue weighted by Gasteiger charge is -2.35. The van der Waals surface area contributed by atoms with Gasteiger partial charge in [0.15, 0.2) is 0 Å². The minimum Gasteiger partial charge on any atom is -0.489 e. The number of likely N-dealkylation sites (N-methyl/N-ethyl adjacent to an activating group) is 1. The van der Waals surface area contributed by atoms with Gasteiger partial charge in [-0.15, -0.1) is 0 Å². The molecular weight excluding hydrogens is 300 g/mol. The molecule has 0 radical (unpaired) electrons. The van der Waals surface area contributed by atoms with Crippen molar-refractivity contribution in [1.82, 2.24) is 5.32 Å². The molecule has 0 saturated carbocycles. The van der Waals surface area contributed by atoms with E-state index in [1.54, 1.807) is 0 Å². The van der Waals surface area contributed by atoms with Gasteiger partial charge >= 0.3 is 0 Å². The average molecular weight is 328 g/mol. The van der Waals surface area contributed by atoms with Crippen LogP contribution in [-0.2, 0) is 4.79 Å². The standard InChI is InChI=1S/C20H28N2O2/c1-15-8-9-18-19(12-15)24-14-17(22(18)2)13-20(23)21-11-10-16-6-4-3-5-7-16/h6,8-9,12,17H,3-5,7,10-11,13-14H2,1-2H3,(H,21,23). The first kappa shape index (κ1) is 16.9. The van der Waals surface area contributed by atoms with Crippen molar-refractivity contribution in [3.05, 3.63) is 35.4 Å². The van der Waals surface area contributed by atoms with Crippen LogP contribution in [0, 0.1) is 6.92 Å². The Kier molecular flexibility index (Phi) is 5.44. The Morgan fingerprint density at radius 2 is 2.25 bits per heavy atom. The van der Waals surface area contributed by atoms with Crippen molar-refractivity contribution in [3.8, 4) is 5.75 Å². The summed E-state index contributed by atoms with van der Waals surface area (Å²) in [6, 6.07) is 6.30. The van der Waals surface area contributed by atoms with Crippen molar-refractivity contribution in [2.75, 3.05) is 25.1 Å². The number of anilines is 1. The van der Waals surface area contributed by atoms with E-state index in [-0.39, 0.29) is 11.9 Å². The van der Waals surface area contributed by atoms with E-state index >= 15 is 0 Å². The zero-order chi connectivity index (χ0) is 16.9. The molecule has 4 heteroatoms. The molecule has 4 nitrogen and oxygen atoms in total. The number of aryl methyl sites for hydroxylation is 1. The van der Waals surface area contributed by atoms with Crippen molar-refractivity contribution in [3.63, 3.8) is 0 Å². The molecule has 0 spiro atoms. The van der Waals surface area contributed by atoms with Gasteiger partial charge in [-0.1, -0.05) is 17.7 Å². The van der Waals surface area contributed by atoms with Crippen LogP contribution in [0.2, 0.25) is 0 Å². The third-order valence-corrected chi connectivity index (χ3v) is 5.05. The lowest BCUT2D eigenvalue weighted by atomic mass is 9.97. The Bertz CT molecular complexity index is 624. The van der Waals surface area contributed by atoms with Crippen LogP contribution >= 0.6 is 0 Å². The summed E-state index contributed by atoms with van der Waals surface area (Å²) < 4.78 is 5.86. The van der Waals surface area contributed by atoms with E-state index in [4.69, 9.17) is 4.74 Å². The fraction of sp³-hybridized carbons (Fsp3) is 0.550. The van der Waals surface area contributed by atoms with Crippen molar-refractivity contribution < 1.29 is 9.53 Å². The second kappa shape index (κ2) is 7.73. The van der Waals surface area contributed by atoms with Gasteiger partial charge in [-0.3, -0.25) is 4.79 Å². The van der Waals surface area contributed by atoms with E-state index in [1.807, 2.05) is 7.05 Å². The largest absolute Gasteiger partial charge is 0.489 e. The number of hydrogen-bond donors (Lipinski definition) is 1. The molecule has 1 atom stereocenters. The highest BCUT2D eigenvalue weighted by molar-refractivity contribution is 5.77.